The molecule has 0 amide bonds. The Bertz CT molecular complexity index is 384. The van der Waals surface area contributed by atoms with Gasteiger partial charge in [-0.25, -0.2) is 15.8 Å². The van der Waals surface area contributed by atoms with E-state index in [-0.39, 0.29) is 0 Å². The summed E-state index contributed by atoms with van der Waals surface area (Å²) in [5.41, 5.74) is 3.76. The van der Waals surface area contributed by atoms with Gasteiger partial charge in [-0.2, -0.15) is 11.8 Å². The third kappa shape index (κ3) is 2.47. The van der Waals surface area contributed by atoms with E-state index in [2.05, 4.69) is 34.1 Å². The third-order valence-corrected chi connectivity index (χ3v) is 4.24. The van der Waals surface area contributed by atoms with Crippen LogP contribution in [0.1, 0.15) is 19.4 Å². The molecule has 1 aliphatic rings. The number of thioether (sulfide) groups is 1. The highest BCUT2D eigenvalue weighted by atomic mass is 32.2. The van der Waals surface area contributed by atoms with Crippen LogP contribution in [-0.4, -0.2) is 34.1 Å². The zero-order valence-corrected chi connectivity index (χ0v) is 11.1. The van der Waals surface area contributed by atoms with Crippen LogP contribution in [0.25, 0.3) is 0 Å². The second-order valence-corrected chi connectivity index (χ2v) is 5.29. The molecule has 94 valence electrons. The zero-order chi connectivity index (χ0) is 12.3. The van der Waals surface area contributed by atoms with Gasteiger partial charge in [0.25, 0.3) is 0 Å². The van der Waals surface area contributed by atoms with Crippen molar-refractivity contribution in [1.29, 1.82) is 0 Å². The van der Waals surface area contributed by atoms with Crippen molar-refractivity contribution < 1.29 is 0 Å². The van der Waals surface area contributed by atoms with Crippen LogP contribution in [0.5, 0.6) is 0 Å². The average molecular weight is 253 g/mol. The van der Waals surface area contributed by atoms with Crippen molar-refractivity contribution in [1.82, 2.24) is 9.97 Å². The molecule has 2 heterocycles. The first kappa shape index (κ1) is 12.4. The summed E-state index contributed by atoms with van der Waals surface area (Å²) in [5, 5.41) is 0. The van der Waals surface area contributed by atoms with E-state index in [1.54, 1.807) is 6.33 Å². The number of hydrazine groups is 1. The highest BCUT2D eigenvalue weighted by molar-refractivity contribution is 7.99. The molecule has 17 heavy (non-hydrogen) atoms. The van der Waals surface area contributed by atoms with Crippen molar-refractivity contribution in [3.63, 3.8) is 0 Å². The molecule has 0 spiro atoms. The molecule has 1 unspecified atom stereocenters. The van der Waals surface area contributed by atoms with Gasteiger partial charge in [-0.15, -0.1) is 0 Å². The lowest BCUT2D eigenvalue weighted by Crippen LogP contribution is -2.41. The quantitative estimate of drug-likeness (QED) is 0.624. The molecule has 6 heteroatoms. The Morgan fingerprint density at radius 3 is 3.06 bits per heavy atom. The number of hydrogen-bond acceptors (Lipinski definition) is 6. The first-order valence-electron chi connectivity index (χ1n) is 5.92. The highest BCUT2D eigenvalue weighted by Crippen LogP contribution is 2.28. The molecule has 0 saturated carbocycles. The molecule has 1 atom stereocenters. The first-order valence-corrected chi connectivity index (χ1v) is 7.08. The molecule has 1 aliphatic heterocycles. The Morgan fingerprint density at radius 2 is 2.41 bits per heavy atom. The minimum atomic E-state index is 0.513. The van der Waals surface area contributed by atoms with Gasteiger partial charge >= 0.3 is 0 Å². The Kier molecular flexibility index (Phi) is 4.06. The molecular formula is C11H19N5S. The molecule has 1 aromatic rings. The van der Waals surface area contributed by atoms with Gasteiger partial charge < -0.3 is 10.3 Å². The number of nitrogens with two attached hydrogens (primary N) is 1. The summed E-state index contributed by atoms with van der Waals surface area (Å²) in [6.45, 7) is 5.38. The largest absolute Gasteiger partial charge is 0.352 e. The number of hydrogen-bond donors (Lipinski definition) is 2. The van der Waals surface area contributed by atoms with E-state index < -0.39 is 0 Å². The van der Waals surface area contributed by atoms with Crippen LogP contribution in [0.3, 0.4) is 0 Å². The van der Waals surface area contributed by atoms with E-state index in [0.29, 0.717) is 6.04 Å². The van der Waals surface area contributed by atoms with Crippen molar-refractivity contribution >= 4 is 23.4 Å². The van der Waals surface area contributed by atoms with Gasteiger partial charge in [-0.3, -0.25) is 0 Å². The van der Waals surface area contributed by atoms with Crippen LogP contribution in [0.2, 0.25) is 0 Å². The number of nitrogens with one attached hydrogen (secondary N) is 1. The van der Waals surface area contributed by atoms with Gasteiger partial charge in [-0.05, 0) is 13.3 Å². The Hall–Kier alpha value is -1.01. The van der Waals surface area contributed by atoms with E-state index in [9.17, 15) is 0 Å². The standard InChI is InChI=1S/C11H19N5S/c1-3-9-10(15-12)13-7-14-11(9)16-4-5-17-6-8(16)2/h7-8H,3-6,12H2,1-2H3,(H,13,14,15). The fourth-order valence-electron chi connectivity index (χ4n) is 2.14. The third-order valence-electron chi connectivity index (χ3n) is 3.05. The van der Waals surface area contributed by atoms with Gasteiger partial charge in [0.05, 0.1) is 0 Å². The summed E-state index contributed by atoms with van der Waals surface area (Å²) >= 11 is 2.00. The lowest BCUT2D eigenvalue weighted by Gasteiger charge is -2.35. The summed E-state index contributed by atoms with van der Waals surface area (Å²) in [6.07, 6.45) is 2.46. The summed E-state index contributed by atoms with van der Waals surface area (Å²) < 4.78 is 0. The van der Waals surface area contributed by atoms with Crippen LogP contribution in [0, 0.1) is 0 Å². The summed E-state index contributed by atoms with van der Waals surface area (Å²) in [6, 6.07) is 0.513. The van der Waals surface area contributed by atoms with Crippen LogP contribution < -0.4 is 16.2 Å². The molecule has 1 aromatic heterocycles. The summed E-state index contributed by atoms with van der Waals surface area (Å²) in [5.74, 6) is 9.57. The Labute approximate surface area is 106 Å². The molecule has 5 nitrogen and oxygen atoms in total. The van der Waals surface area contributed by atoms with Crippen molar-refractivity contribution in [2.75, 3.05) is 28.4 Å². The maximum absolute atomic E-state index is 5.50. The number of aromatic nitrogens is 2. The fourth-order valence-corrected chi connectivity index (χ4v) is 3.16. The van der Waals surface area contributed by atoms with E-state index in [0.717, 1.165) is 41.7 Å². The smallest absolute Gasteiger partial charge is 0.148 e. The van der Waals surface area contributed by atoms with Gasteiger partial charge in [0.2, 0.25) is 0 Å². The summed E-state index contributed by atoms with van der Waals surface area (Å²) in [7, 11) is 0. The van der Waals surface area contributed by atoms with Crippen molar-refractivity contribution in [2.24, 2.45) is 5.84 Å². The highest BCUT2D eigenvalue weighted by Gasteiger charge is 2.23. The second-order valence-electron chi connectivity index (χ2n) is 4.14. The lowest BCUT2D eigenvalue weighted by atomic mass is 10.2. The molecule has 1 saturated heterocycles. The van der Waals surface area contributed by atoms with Crippen LogP contribution in [0.15, 0.2) is 6.33 Å². The molecule has 0 radical (unpaired) electrons. The van der Waals surface area contributed by atoms with Crippen LogP contribution in [-0.2, 0) is 6.42 Å². The van der Waals surface area contributed by atoms with E-state index in [4.69, 9.17) is 5.84 Å². The second kappa shape index (κ2) is 5.55. The number of nitrogen functional groups attached to an aromatic ring is 1. The molecule has 1 fully saturated rings. The molecule has 0 bridgehead atoms. The predicted octanol–water partition coefficient (Wildman–Crippen LogP) is 1.27. The van der Waals surface area contributed by atoms with Crippen molar-refractivity contribution in [3.8, 4) is 0 Å². The lowest BCUT2D eigenvalue weighted by molar-refractivity contribution is 0.683. The van der Waals surface area contributed by atoms with Crippen molar-refractivity contribution in [2.45, 2.75) is 26.3 Å². The Balaban J connectivity index is 2.36. The van der Waals surface area contributed by atoms with Gasteiger partial charge in [0, 0.05) is 29.7 Å². The Morgan fingerprint density at radius 1 is 1.59 bits per heavy atom. The fraction of sp³-hybridized carbons (Fsp3) is 0.636. The first-order chi connectivity index (χ1) is 8.27. The van der Waals surface area contributed by atoms with Crippen LogP contribution >= 0.6 is 11.8 Å². The number of nitrogens with zero attached hydrogens (tertiary/aromatic N) is 3. The maximum Gasteiger partial charge on any atom is 0.148 e. The van der Waals surface area contributed by atoms with Gasteiger partial charge in [0.15, 0.2) is 0 Å². The normalized spacial score (nSPS) is 20.4. The topological polar surface area (TPSA) is 67.1 Å². The molecule has 3 N–H and O–H groups in total. The molecular weight excluding hydrogens is 234 g/mol. The van der Waals surface area contributed by atoms with E-state index in [1.807, 2.05) is 11.8 Å². The van der Waals surface area contributed by atoms with Crippen molar-refractivity contribution in [3.05, 3.63) is 11.9 Å². The maximum atomic E-state index is 5.50. The van der Waals surface area contributed by atoms with Gasteiger partial charge in [-0.1, -0.05) is 6.92 Å². The monoisotopic (exact) mass is 253 g/mol. The minimum Gasteiger partial charge on any atom is -0.352 e. The molecule has 2 rings (SSSR count). The molecule has 0 aliphatic carbocycles. The van der Waals surface area contributed by atoms with E-state index >= 15 is 0 Å². The van der Waals surface area contributed by atoms with E-state index in [1.165, 1.54) is 0 Å². The number of anilines is 2. The SMILES string of the molecule is CCc1c(NN)ncnc1N1CCSCC1C. The van der Waals surface area contributed by atoms with Crippen LogP contribution in [0.4, 0.5) is 11.6 Å². The van der Waals surface area contributed by atoms with Gasteiger partial charge in [0.1, 0.15) is 18.0 Å². The summed E-state index contributed by atoms with van der Waals surface area (Å²) in [4.78, 5) is 11.0. The number of rotatable bonds is 3. The minimum absolute atomic E-state index is 0.513. The average Bonchev–Trinajstić information content (AvgIpc) is 2.38. The molecule has 0 aromatic carbocycles. The zero-order valence-electron chi connectivity index (χ0n) is 10.3. The predicted molar refractivity (Wildman–Crippen MR) is 73.4 cm³/mol.